The van der Waals surface area contributed by atoms with Crippen LogP contribution in [0.15, 0.2) is 42.5 Å². The molecule has 4 nitrogen and oxygen atoms in total. The second-order valence-electron chi connectivity index (χ2n) is 6.50. The zero-order chi connectivity index (χ0) is 20.4. The Balaban J connectivity index is 0.000000237. The summed E-state index contributed by atoms with van der Waals surface area (Å²) in [4.78, 5) is 14.0. The number of carbonyl (C=O) groups is 1. The molecule has 0 saturated heterocycles. The zero-order valence-electron chi connectivity index (χ0n) is 16.6. The van der Waals surface area contributed by atoms with E-state index in [1.165, 1.54) is 25.0 Å². The van der Waals surface area contributed by atoms with Gasteiger partial charge in [0.15, 0.2) is 6.29 Å². The van der Waals surface area contributed by atoms with Crippen molar-refractivity contribution in [2.24, 2.45) is 0 Å². The minimum absolute atomic E-state index is 0.181. The van der Waals surface area contributed by atoms with E-state index in [2.05, 4.69) is 28.0 Å². The highest BCUT2D eigenvalue weighted by molar-refractivity contribution is 8.00. The van der Waals surface area contributed by atoms with Crippen molar-refractivity contribution in [3.05, 3.63) is 65.1 Å². The van der Waals surface area contributed by atoms with Crippen LogP contribution in [0.1, 0.15) is 41.4 Å². The number of aryl methyl sites for hydroxylation is 1. The first kappa shape index (κ1) is 22.0. The Morgan fingerprint density at radius 2 is 1.93 bits per heavy atom. The number of aldehydes is 1. The third-order valence-electron chi connectivity index (χ3n) is 4.30. The van der Waals surface area contributed by atoms with Crippen LogP contribution in [0.25, 0.3) is 10.9 Å². The summed E-state index contributed by atoms with van der Waals surface area (Å²) in [6.07, 6.45) is 3.31. The fraction of sp³-hybridized carbons (Fsp3) is 0.318. The SMILES string of the molecule is CCCCSNc1ccc2[nH]c(C=O)c(C)c2c1.CNCc1ccc(F)cc1. The molecular weight excluding hydrogens is 373 g/mol. The topological polar surface area (TPSA) is 56.9 Å². The number of hydrogen-bond acceptors (Lipinski definition) is 4. The molecule has 150 valence electrons. The van der Waals surface area contributed by atoms with E-state index >= 15 is 0 Å². The quantitative estimate of drug-likeness (QED) is 0.258. The molecule has 1 aromatic heterocycles. The first-order chi connectivity index (χ1) is 13.6. The maximum atomic E-state index is 12.3. The smallest absolute Gasteiger partial charge is 0.166 e. The summed E-state index contributed by atoms with van der Waals surface area (Å²) < 4.78 is 15.6. The van der Waals surface area contributed by atoms with E-state index in [4.69, 9.17) is 0 Å². The van der Waals surface area contributed by atoms with Crippen LogP contribution in [-0.4, -0.2) is 24.1 Å². The number of fused-ring (bicyclic) bond motifs is 1. The Morgan fingerprint density at radius 1 is 1.18 bits per heavy atom. The molecule has 0 aliphatic rings. The molecule has 0 radical (unpaired) electrons. The Morgan fingerprint density at radius 3 is 2.57 bits per heavy atom. The first-order valence-electron chi connectivity index (χ1n) is 9.43. The van der Waals surface area contributed by atoms with Crippen LogP contribution in [0.2, 0.25) is 0 Å². The van der Waals surface area contributed by atoms with Gasteiger partial charge < -0.3 is 15.0 Å². The second kappa shape index (κ2) is 11.5. The molecule has 0 aliphatic heterocycles. The van der Waals surface area contributed by atoms with Crippen molar-refractivity contribution in [1.29, 1.82) is 0 Å². The lowest BCUT2D eigenvalue weighted by Crippen LogP contribution is -2.04. The Kier molecular flexibility index (Phi) is 9.04. The lowest BCUT2D eigenvalue weighted by molar-refractivity contribution is 0.111. The molecule has 0 aliphatic carbocycles. The van der Waals surface area contributed by atoms with Crippen LogP contribution in [-0.2, 0) is 6.54 Å². The summed E-state index contributed by atoms with van der Waals surface area (Å²) in [5.41, 5.74) is 4.88. The predicted octanol–water partition coefficient (Wildman–Crippen LogP) is 5.69. The van der Waals surface area contributed by atoms with Crippen molar-refractivity contribution in [3.8, 4) is 0 Å². The largest absolute Gasteiger partial charge is 0.352 e. The van der Waals surface area contributed by atoms with Crippen LogP contribution in [0.3, 0.4) is 0 Å². The Labute approximate surface area is 170 Å². The number of hydrogen-bond donors (Lipinski definition) is 3. The number of anilines is 1. The Hall–Kier alpha value is -2.31. The molecule has 2 aromatic carbocycles. The number of benzene rings is 2. The van der Waals surface area contributed by atoms with E-state index in [0.717, 1.165) is 46.3 Å². The van der Waals surface area contributed by atoms with Gasteiger partial charge in [-0.05, 0) is 61.9 Å². The minimum Gasteiger partial charge on any atom is -0.352 e. The van der Waals surface area contributed by atoms with Gasteiger partial charge in [-0.1, -0.05) is 37.4 Å². The van der Waals surface area contributed by atoms with Gasteiger partial charge in [-0.15, -0.1) is 0 Å². The van der Waals surface area contributed by atoms with Crippen LogP contribution in [0.4, 0.5) is 10.1 Å². The number of H-pyrrole nitrogens is 1. The van der Waals surface area contributed by atoms with Crippen LogP contribution < -0.4 is 10.0 Å². The lowest BCUT2D eigenvalue weighted by atomic mass is 10.1. The van der Waals surface area contributed by atoms with Crippen molar-refractivity contribution in [2.45, 2.75) is 33.2 Å². The van der Waals surface area contributed by atoms with Crippen LogP contribution in [0, 0.1) is 12.7 Å². The number of carbonyl (C=O) groups excluding carboxylic acids is 1. The first-order valence-corrected chi connectivity index (χ1v) is 10.4. The normalized spacial score (nSPS) is 10.4. The molecule has 0 saturated carbocycles. The van der Waals surface area contributed by atoms with E-state index < -0.39 is 0 Å². The van der Waals surface area contributed by atoms with Crippen molar-refractivity contribution in [1.82, 2.24) is 10.3 Å². The molecule has 28 heavy (non-hydrogen) atoms. The van der Waals surface area contributed by atoms with Gasteiger partial charge in [0.25, 0.3) is 0 Å². The number of nitrogens with one attached hydrogen (secondary N) is 3. The highest BCUT2D eigenvalue weighted by atomic mass is 32.2. The van der Waals surface area contributed by atoms with E-state index in [1.807, 2.05) is 26.1 Å². The van der Waals surface area contributed by atoms with Crippen molar-refractivity contribution in [3.63, 3.8) is 0 Å². The highest BCUT2D eigenvalue weighted by Gasteiger charge is 2.07. The second-order valence-corrected chi connectivity index (χ2v) is 7.40. The Bertz CT molecular complexity index is 877. The molecule has 0 amide bonds. The fourth-order valence-corrected chi connectivity index (χ4v) is 3.51. The average molecular weight is 402 g/mol. The number of aromatic amines is 1. The third-order valence-corrected chi connectivity index (χ3v) is 5.17. The average Bonchev–Trinajstić information content (AvgIpc) is 3.03. The molecule has 6 heteroatoms. The molecule has 3 aromatic rings. The van der Waals surface area contributed by atoms with E-state index in [1.54, 1.807) is 24.1 Å². The van der Waals surface area contributed by atoms with Crippen molar-refractivity contribution >= 4 is 34.8 Å². The molecule has 3 rings (SSSR count). The fourth-order valence-electron chi connectivity index (χ4n) is 2.69. The van der Waals surface area contributed by atoms with E-state index in [0.29, 0.717) is 5.69 Å². The summed E-state index contributed by atoms with van der Waals surface area (Å²) in [6, 6.07) is 12.6. The van der Waals surface area contributed by atoms with Gasteiger partial charge in [0.1, 0.15) is 5.82 Å². The number of rotatable bonds is 8. The number of halogens is 1. The van der Waals surface area contributed by atoms with Crippen LogP contribution >= 0.6 is 11.9 Å². The molecule has 0 fully saturated rings. The predicted molar refractivity (Wildman–Crippen MR) is 119 cm³/mol. The van der Waals surface area contributed by atoms with Gasteiger partial charge in [0.05, 0.1) is 5.69 Å². The molecule has 0 bridgehead atoms. The third kappa shape index (κ3) is 6.39. The maximum absolute atomic E-state index is 12.3. The van der Waals surface area contributed by atoms with Crippen molar-refractivity contribution < 1.29 is 9.18 Å². The summed E-state index contributed by atoms with van der Waals surface area (Å²) in [5, 5.41) is 4.09. The van der Waals surface area contributed by atoms with E-state index in [9.17, 15) is 9.18 Å². The standard InChI is InChI=1S/C14H18N2OS.C8H10FN/c1-3-4-7-18-16-11-5-6-13-12(8-11)10(2)14(9-17)15-13;1-10-6-7-2-4-8(9)5-3-7/h5-6,8-9,15-16H,3-4,7H2,1-2H3;2-5,10H,6H2,1H3. The summed E-state index contributed by atoms with van der Waals surface area (Å²) in [5.74, 6) is 0.931. The molecule has 0 atom stereocenters. The summed E-state index contributed by atoms with van der Waals surface area (Å²) >= 11 is 1.73. The number of aromatic nitrogens is 1. The van der Waals surface area contributed by atoms with Gasteiger partial charge >= 0.3 is 0 Å². The van der Waals surface area contributed by atoms with E-state index in [-0.39, 0.29) is 5.82 Å². The molecule has 3 N–H and O–H groups in total. The van der Waals surface area contributed by atoms with Crippen molar-refractivity contribution in [2.75, 3.05) is 17.5 Å². The molecule has 0 spiro atoms. The molecule has 1 heterocycles. The zero-order valence-corrected chi connectivity index (χ0v) is 17.5. The van der Waals surface area contributed by atoms with Gasteiger partial charge in [-0.25, -0.2) is 4.39 Å². The van der Waals surface area contributed by atoms with Gasteiger partial charge in [-0.3, -0.25) is 4.79 Å². The van der Waals surface area contributed by atoms with Gasteiger partial charge in [0.2, 0.25) is 0 Å². The highest BCUT2D eigenvalue weighted by Crippen LogP contribution is 2.25. The summed E-state index contributed by atoms with van der Waals surface area (Å²) in [6.45, 7) is 4.95. The molecule has 0 unspecified atom stereocenters. The lowest BCUT2D eigenvalue weighted by Gasteiger charge is -2.05. The minimum atomic E-state index is -0.181. The van der Waals surface area contributed by atoms with Gasteiger partial charge in [-0.2, -0.15) is 0 Å². The number of unbranched alkanes of at least 4 members (excludes halogenated alkanes) is 1. The summed E-state index contributed by atoms with van der Waals surface area (Å²) in [7, 11) is 1.86. The molecular formula is C22H28FN3OS. The van der Waals surface area contributed by atoms with Crippen LogP contribution in [0.5, 0.6) is 0 Å². The maximum Gasteiger partial charge on any atom is 0.166 e. The monoisotopic (exact) mass is 401 g/mol. The van der Waals surface area contributed by atoms with Gasteiger partial charge in [0, 0.05) is 28.9 Å².